The Labute approximate surface area is 122 Å². The van der Waals surface area contributed by atoms with Gasteiger partial charge in [-0.3, -0.25) is 4.90 Å². The lowest BCUT2D eigenvalue weighted by Gasteiger charge is -2.22. The van der Waals surface area contributed by atoms with Gasteiger partial charge in [-0.1, -0.05) is 6.92 Å². The molecule has 0 amide bonds. The van der Waals surface area contributed by atoms with Gasteiger partial charge in [-0.05, 0) is 43.7 Å². The number of nitrogens with zero attached hydrogens (tertiary/aromatic N) is 2. The lowest BCUT2D eigenvalue weighted by molar-refractivity contribution is -0.146. The highest BCUT2D eigenvalue weighted by molar-refractivity contribution is 5.34. The zero-order valence-corrected chi connectivity index (χ0v) is 12.0. The highest BCUT2D eigenvalue weighted by atomic mass is 19.4. The van der Waals surface area contributed by atoms with Crippen LogP contribution in [-0.4, -0.2) is 37.3 Å². The molecule has 0 heterocycles. The van der Waals surface area contributed by atoms with Gasteiger partial charge in [-0.2, -0.15) is 18.4 Å². The minimum atomic E-state index is -4.16. The number of hydrogen-bond donors (Lipinski definition) is 0. The molecule has 0 saturated heterocycles. The van der Waals surface area contributed by atoms with E-state index in [1.54, 1.807) is 24.3 Å². The van der Waals surface area contributed by atoms with E-state index < -0.39 is 12.7 Å². The van der Waals surface area contributed by atoms with E-state index in [2.05, 4.69) is 0 Å². The minimum Gasteiger partial charge on any atom is -0.494 e. The number of nitriles is 1. The summed E-state index contributed by atoms with van der Waals surface area (Å²) in [5.41, 5.74) is 0.543. The van der Waals surface area contributed by atoms with Crippen molar-refractivity contribution < 1.29 is 17.9 Å². The Kier molecular flexibility index (Phi) is 7.03. The first-order chi connectivity index (χ1) is 9.94. The second-order valence-electron chi connectivity index (χ2n) is 4.73. The summed E-state index contributed by atoms with van der Waals surface area (Å²) in [4.78, 5) is 1.39. The molecule has 21 heavy (non-hydrogen) atoms. The molecule has 1 aromatic carbocycles. The van der Waals surface area contributed by atoms with Crippen molar-refractivity contribution in [1.82, 2.24) is 4.90 Å². The fraction of sp³-hybridized carbons (Fsp3) is 0.533. The van der Waals surface area contributed by atoms with Crippen LogP contribution in [0.1, 0.15) is 25.3 Å². The number of halogens is 3. The molecule has 116 valence electrons. The van der Waals surface area contributed by atoms with Gasteiger partial charge >= 0.3 is 6.18 Å². The first-order valence-corrected chi connectivity index (χ1v) is 6.86. The summed E-state index contributed by atoms with van der Waals surface area (Å²) in [5, 5.41) is 8.66. The largest absolute Gasteiger partial charge is 0.494 e. The molecule has 0 saturated carbocycles. The van der Waals surface area contributed by atoms with Crippen molar-refractivity contribution in [2.75, 3.05) is 26.2 Å². The van der Waals surface area contributed by atoms with Crippen molar-refractivity contribution in [3.8, 4) is 11.8 Å². The summed E-state index contributed by atoms with van der Waals surface area (Å²) < 4.78 is 42.6. The SMILES string of the molecule is CCCN(CCCOc1ccc(C#N)cc1)CC(F)(F)F. The smallest absolute Gasteiger partial charge is 0.401 e. The van der Waals surface area contributed by atoms with E-state index in [0.29, 0.717) is 43.9 Å². The number of ether oxygens (including phenoxy) is 1. The van der Waals surface area contributed by atoms with E-state index in [1.165, 1.54) is 4.90 Å². The van der Waals surface area contributed by atoms with Crippen molar-refractivity contribution in [2.45, 2.75) is 25.9 Å². The summed E-state index contributed by atoms with van der Waals surface area (Å²) >= 11 is 0. The zero-order valence-electron chi connectivity index (χ0n) is 12.0. The second-order valence-corrected chi connectivity index (χ2v) is 4.73. The maximum Gasteiger partial charge on any atom is 0.401 e. The normalized spacial score (nSPS) is 11.4. The van der Waals surface area contributed by atoms with E-state index in [4.69, 9.17) is 10.00 Å². The third-order valence-corrected chi connectivity index (χ3v) is 2.81. The molecule has 3 nitrogen and oxygen atoms in total. The average molecular weight is 300 g/mol. The molecule has 6 heteroatoms. The van der Waals surface area contributed by atoms with Gasteiger partial charge in [0.25, 0.3) is 0 Å². The van der Waals surface area contributed by atoms with Crippen LogP contribution in [0.4, 0.5) is 13.2 Å². The van der Waals surface area contributed by atoms with E-state index in [1.807, 2.05) is 13.0 Å². The van der Waals surface area contributed by atoms with Gasteiger partial charge in [0.15, 0.2) is 0 Å². The third kappa shape index (κ3) is 7.57. The minimum absolute atomic E-state index is 0.351. The van der Waals surface area contributed by atoms with Gasteiger partial charge in [0.1, 0.15) is 5.75 Å². The molecule has 0 spiro atoms. The predicted octanol–water partition coefficient (Wildman–Crippen LogP) is 3.60. The Balaban J connectivity index is 2.31. The lowest BCUT2D eigenvalue weighted by atomic mass is 10.2. The van der Waals surface area contributed by atoms with E-state index in [9.17, 15) is 13.2 Å². The zero-order chi connectivity index (χ0) is 15.7. The first-order valence-electron chi connectivity index (χ1n) is 6.86. The Hall–Kier alpha value is -1.74. The molecule has 0 N–H and O–H groups in total. The summed E-state index contributed by atoms with van der Waals surface area (Å²) in [6.45, 7) is 2.11. The molecule has 0 aliphatic rings. The number of rotatable bonds is 8. The van der Waals surface area contributed by atoms with Gasteiger partial charge < -0.3 is 4.74 Å². The molecule has 0 atom stereocenters. The van der Waals surface area contributed by atoms with E-state index >= 15 is 0 Å². The van der Waals surface area contributed by atoms with Crippen LogP contribution in [0.3, 0.4) is 0 Å². The Morgan fingerprint density at radius 2 is 1.86 bits per heavy atom. The summed E-state index contributed by atoms with van der Waals surface area (Å²) in [5.74, 6) is 0.617. The number of alkyl halides is 3. The molecular weight excluding hydrogens is 281 g/mol. The number of benzene rings is 1. The van der Waals surface area contributed by atoms with Crippen LogP contribution >= 0.6 is 0 Å². The molecule has 0 aliphatic carbocycles. The molecule has 0 fully saturated rings. The van der Waals surface area contributed by atoms with Gasteiger partial charge in [-0.15, -0.1) is 0 Å². The van der Waals surface area contributed by atoms with Crippen LogP contribution in [0.15, 0.2) is 24.3 Å². The van der Waals surface area contributed by atoms with Crippen molar-refractivity contribution in [2.24, 2.45) is 0 Å². The highest BCUT2D eigenvalue weighted by Crippen LogP contribution is 2.17. The quantitative estimate of drug-likeness (QED) is 0.688. The summed E-state index contributed by atoms with van der Waals surface area (Å²) in [7, 11) is 0. The Morgan fingerprint density at radius 1 is 1.19 bits per heavy atom. The van der Waals surface area contributed by atoms with Crippen molar-refractivity contribution in [1.29, 1.82) is 5.26 Å². The fourth-order valence-electron chi connectivity index (χ4n) is 1.94. The lowest BCUT2D eigenvalue weighted by Crippen LogP contribution is -2.36. The Bertz CT molecular complexity index is 451. The van der Waals surface area contributed by atoms with Crippen LogP contribution in [-0.2, 0) is 0 Å². The summed E-state index contributed by atoms with van der Waals surface area (Å²) in [6, 6.07) is 8.64. The molecule has 0 bridgehead atoms. The highest BCUT2D eigenvalue weighted by Gasteiger charge is 2.29. The third-order valence-electron chi connectivity index (χ3n) is 2.81. The second kappa shape index (κ2) is 8.53. The molecule has 0 unspecified atom stereocenters. The fourth-order valence-corrected chi connectivity index (χ4v) is 1.94. The van der Waals surface area contributed by atoms with Crippen LogP contribution in [0.25, 0.3) is 0 Å². The van der Waals surface area contributed by atoms with Crippen LogP contribution in [0.5, 0.6) is 5.75 Å². The maximum absolute atomic E-state index is 12.4. The molecule has 0 aliphatic heterocycles. The van der Waals surface area contributed by atoms with Crippen molar-refractivity contribution >= 4 is 0 Å². The average Bonchev–Trinajstić information content (AvgIpc) is 2.43. The van der Waals surface area contributed by atoms with Crippen molar-refractivity contribution in [3.05, 3.63) is 29.8 Å². The van der Waals surface area contributed by atoms with Crippen LogP contribution in [0.2, 0.25) is 0 Å². The molecular formula is C15H19F3N2O. The van der Waals surface area contributed by atoms with E-state index in [-0.39, 0.29) is 0 Å². The van der Waals surface area contributed by atoms with Crippen LogP contribution in [0, 0.1) is 11.3 Å². The predicted molar refractivity (Wildman–Crippen MR) is 74.1 cm³/mol. The molecule has 0 radical (unpaired) electrons. The van der Waals surface area contributed by atoms with E-state index in [0.717, 1.165) is 0 Å². The topological polar surface area (TPSA) is 36.3 Å². The summed E-state index contributed by atoms with van der Waals surface area (Å²) in [6.07, 6.45) is -2.95. The van der Waals surface area contributed by atoms with Gasteiger partial charge in [-0.25, -0.2) is 0 Å². The van der Waals surface area contributed by atoms with Gasteiger partial charge in [0.2, 0.25) is 0 Å². The molecule has 0 aromatic heterocycles. The molecule has 1 rings (SSSR count). The maximum atomic E-state index is 12.4. The van der Waals surface area contributed by atoms with Crippen molar-refractivity contribution in [3.63, 3.8) is 0 Å². The first kappa shape index (κ1) is 17.3. The van der Waals surface area contributed by atoms with Gasteiger partial charge in [0.05, 0.1) is 24.8 Å². The monoisotopic (exact) mass is 300 g/mol. The van der Waals surface area contributed by atoms with Gasteiger partial charge in [0, 0.05) is 6.54 Å². The molecule has 1 aromatic rings. The Morgan fingerprint density at radius 3 is 2.38 bits per heavy atom. The standard InChI is InChI=1S/C15H19F3N2O/c1-2-8-20(12-15(16,17)18)9-3-10-21-14-6-4-13(11-19)5-7-14/h4-7H,2-3,8-10,12H2,1H3. The van der Waals surface area contributed by atoms with Crippen LogP contribution < -0.4 is 4.74 Å². The number of hydrogen-bond acceptors (Lipinski definition) is 3.